The summed E-state index contributed by atoms with van der Waals surface area (Å²) in [6.45, 7) is 0.389. The summed E-state index contributed by atoms with van der Waals surface area (Å²) in [6, 6.07) is 12.9. The van der Waals surface area contributed by atoms with E-state index in [2.05, 4.69) is 10.9 Å². The Morgan fingerprint density at radius 2 is 2.15 bits per heavy atom. The quantitative estimate of drug-likeness (QED) is 0.656. The number of para-hydroxylation sites is 3. The number of rotatable bonds is 3. The Labute approximate surface area is 159 Å². The number of carbonyl (C=O) groups excluding carboxylic acids is 1. The summed E-state index contributed by atoms with van der Waals surface area (Å²) in [5.41, 5.74) is 0.820. The highest BCUT2D eigenvalue weighted by molar-refractivity contribution is 7.16. The molecule has 0 bridgehead atoms. The summed E-state index contributed by atoms with van der Waals surface area (Å²) in [5, 5.41) is 0. The van der Waals surface area contributed by atoms with Crippen LogP contribution in [0, 0.1) is 12.3 Å². The van der Waals surface area contributed by atoms with Crippen molar-refractivity contribution in [1.82, 2.24) is 4.57 Å². The molecule has 4 rings (SSSR count). The van der Waals surface area contributed by atoms with Crippen LogP contribution in [0.1, 0.15) is 0 Å². The second-order valence-electron chi connectivity index (χ2n) is 5.80. The predicted octanol–water partition coefficient (Wildman–Crippen LogP) is 2.61. The fraction of sp³-hybridized carbons (Fsp3) is 0.200. The first-order valence-electron chi connectivity index (χ1n) is 8.28. The third kappa shape index (κ3) is 3.15. The maximum atomic E-state index is 12.7. The van der Waals surface area contributed by atoms with Gasteiger partial charge >= 0.3 is 0 Å². The zero-order chi connectivity index (χ0) is 18.8. The standard InChI is InChI=1S/C20H16N2O4S/c1-3-11-22-18-15(24-2)9-6-10-17(18)27-20(22)21-19(23)16-12-25-13-7-4-5-8-14(13)26-16/h1,4-10,16H,11-12H2,2H3/t16-/m0/s1. The third-order valence-corrected chi connectivity index (χ3v) is 5.17. The summed E-state index contributed by atoms with van der Waals surface area (Å²) in [5.74, 6) is 4.03. The zero-order valence-electron chi connectivity index (χ0n) is 14.5. The highest BCUT2D eigenvalue weighted by Gasteiger charge is 2.27. The monoisotopic (exact) mass is 380 g/mol. The number of aromatic nitrogens is 1. The molecule has 0 saturated carbocycles. The average Bonchev–Trinajstić information content (AvgIpc) is 3.05. The van der Waals surface area contributed by atoms with Crippen LogP contribution >= 0.6 is 11.3 Å². The maximum absolute atomic E-state index is 12.7. The van der Waals surface area contributed by atoms with Crippen molar-refractivity contribution in [1.29, 1.82) is 0 Å². The zero-order valence-corrected chi connectivity index (χ0v) is 15.4. The lowest BCUT2D eigenvalue weighted by Gasteiger charge is -2.23. The Hall–Kier alpha value is -3.24. The predicted molar refractivity (Wildman–Crippen MR) is 102 cm³/mol. The van der Waals surface area contributed by atoms with Gasteiger partial charge in [0, 0.05) is 0 Å². The minimum atomic E-state index is -0.800. The van der Waals surface area contributed by atoms with Crippen LogP contribution < -0.4 is 19.0 Å². The number of fused-ring (bicyclic) bond motifs is 2. The second-order valence-corrected chi connectivity index (χ2v) is 6.81. The number of amides is 1. The van der Waals surface area contributed by atoms with Crippen LogP contribution in [0.2, 0.25) is 0 Å². The van der Waals surface area contributed by atoms with Crippen molar-refractivity contribution >= 4 is 27.5 Å². The molecule has 0 unspecified atom stereocenters. The number of methoxy groups -OCH3 is 1. The van der Waals surface area contributed by atoms with Gasteiger partial charge in [0.05, 0.1) is 18.4 Å². The summed E-state index contributed by atoms with van der Waals surface area (Å²) >= 11 is 1.37. The molecule has 0 N–H and O–H groups in total. The van der Waals surface area contributed by atoms with Gasteiger partial charge in [0.1, 0.15) is 17.9 Å². The highest BCUT2D eigenvalue weighted by Crippen LogP contribution is 2.31. The third-order valence-electron chi connectivity index (χ3n) is 4.12. The minimum absolute atomic E-state index is 0.114. The highest BCUT2D eigenvalue weighted by atomic mass is 32.1. The number of carbonyl (C=O) groups is 1. The van der Waals surface area contributed by atoms with E-state index in [9.17, 15) is 4.79 Å². The molecule has 1 aliphatic rings. The van der Waals surface area contributed by atoms with Crippen molar-refractivity contribution in [3.05, 3.63) is 47.3 Å². The van der Waals surface area contributed by atoms with Gasteiger partial charge in [0.15, 0.2) is 16.3 Å². The van der Waals surface area contributed by atoms with Crippen LogP contribution in [0.5, 0.6) is 17.2 Å². The molecule has 0 radical (unpaired) electrons. The molecule has 1 atom stereocenters. The van der Waals surface area contributed by atoms with E-state index in [1.54, 1.807) is 23.8 Å². The molecular formula is C20H16N2O4S. The van der Waals surface area contributed by atoms with Crippen molar-refractivity contribution in [3.8, 4) is 29.6 Å². The van der Waals surface area contributed by atoms with Gasteiger partial charge in [-0.1, -0.05) is 35.5 Å². The molecule has 0 aliphatic carbocycles. The van der Waals surface area contributed by atoms with Gasteiger partial charge in [0.25, 0.3) is 5.91 Å². The SMILES string of the molecule is C#CCn1c(=NC(=O)[C@@H]2COc3ccccc3O2)sc2cccc(OC)c21. The molecule has 6 nitrogen and oxygen atoms in total. The van der Waals surface area contributed by atoms with Crippen LogP contribution in [0.25, 0.3) is 10.2 Å². The molecule has 0 fully saturated rings. The first-order valence-corrected chi connectivity index (χ1v) is 9.10. The van der Waals surface area contributed by atoms with Crippen LogP contribution in [0.15, 0.2) is 47.5 Å². The molecule has 0 saturated heterocycles. The van der Waals surface area contributed by atoms with E-state index < -0.39 is 12.0 Å². The fourth-order valence-corrected chi connectivity index (χ4v) is 3.95. The van der Waals surface area contributed by atoms with Crippen molar-refractivity contribution in [2.45, 2.75) is 12.6 Å². The molecule has 1 aliphatic heterocycles. The van der Waals surface area contributed by atoms with Crippen molar-refractivity contribution in [2.24, 2.45) is 4.99 Å². The molecule has 3 aromatic rings. The van der Waals surface area contributed by atoms with Gasteiger partial charge in [-0.05, 0) is 24.3 Å². The van der Waals surface area contributed by atoms with Gasteiger partial charge < -0.3 is 18.8 Å². The fourth-order valence-electron chi connectivity index (χ4n) is 2.89. The number of benzene rings is 2. The van der Waals surface area contributed by atoms with E-state index >= 15 is 0 Å². The van der Waals surface area contributed by atoms with E-state index in [4.69, 9.17) is 20.6 Å². The minimum Gasteiger partial charge on any atom is -0.495 e. The Morgan fingerprint density at radius 1 is 1.33 bits per heavy atom. The summed E-state index contributed by atoms with van der Waals surface area (Å²) in [7, 11) is 1.60. The normalized spacial score (nSPS) is 16.1. The molecule has 2 heterocycles. The van der Waals surface area contributed by atoms with Gasteiger partial charge in [-0.2, -0.15) is 4.99 Å². The summed E-state index contributed by atoms with van der Waals surface area (Å²) in [4.78, 5) is 17.5. The Kier molecular flexibility index (Phi) is 4.57. The average molecular weight is 380 g/mol. The number of nitrogens with zero attached hydrogens (tertiary/aromatic N) is 2. The Bertz CT molecular complexity index is 1120. The lowest BCUT2D eigenvalue weighted by molar-refractivity contribution is -0.127. The number of hydrogen-bond donors (Lipinski definition) is 0. The molecule has 7 heteroatoms. The van der Waals surface area contributed by atoms with Crippen LogP contribution in [0.4, 0.5) is 0 Å². The molecule has 136 valence electrons. The lowest BCUT2D eigenvalue weighted by Crippen LogP contribution is -2.36. The van der Waals surface area contributed by atoms with Crippen molar-refractivity contribution < 1.29 is 19.0 Å². The van der Waals surface area contributed by atoms with Gasteiger partial charge in [-0.25, -0.2) is 0 Å². The summed E-state index contributed by atoms with van der Waals surface area (Å²) in [6.07, 6.45) is 4.72. The first kappa shape index (κ1) is 17.2. The number of hydrogen-bond acceptors (Lipinski definition) is 5. The van der Waals surface area contributed by atoms with E-state index in [1.807, 2.05) is 30.3 Å². The molecule has 27 heavy (non-hydrogen) atoms. The van der Waals surface area contributed by atoms with Gasteiger partial charge in [-0.3, -0.25) is 4.79 Å². The number of ether oxygens (including phenoxy) is 3. The molecule has 1 amide bonds. The first-order chi connectivity index (χ1) is 13.2. The van der Waals surface area contributed by atoms with Crippen LogP contribution in [-0.4, -0.2) is 30.3 Å². The largest absolute Gasteiger partial charge is 0.495 e. The Morgan fingerprint density at radius 3 is 2.93 bits per heavy atom. The van der Waals surface area contributed by atoms with Gasteiger partial charge in [-0.15, -0.1) is 6.42 Å². The van der Waals surface area contributed by atoms with Crippen molar-refractivity contribution in [2.75, 3.05) is 13.7 Å². The van der Waals surface area contributed by atoms with Gasteiger partial charge in [0.2, 0.25) is 6.10 Å². The number of terminal acetylenes is 1. The maximum Gasteiger partial charge on any atom is 0.292 e. The number of thiazole rings is 1. The molecule has 1 aromatic heterocycles. The van der Waals surface area contributed by atoms with Crippen LogP contribution in [0.3, 0.4) is 0 Å². The topological polar surface area (TPSA) is 62.1 Å². The lowest BCUT2D eigenvalue weighted by atomic mass is 10.2. The van der Waals surface area contributed by atoms with E-state index in [0.29, 0.717) is 22.0 Å². The Balaban J connectivity index is 1.74. The van der Waals surface area contributed by atoms with E-state index in [0.717, 1.165) is 10.2 Å². The molecular weight excluding hydrogens is 364 g/mol. The smallest absolute Gasteiger partial charge is 0.292 e. The summed E-state index contributed by atoms with van der Waals surface area (Å²) < 4.78 is 19.5. The van der Waals surface area contributed by atoms with Crippen molar-refractivity contribution in [3.63, 3.8) is 0 Å². The van der Waals surface area contributed by atoms with E-state index in [-0.39, 0.29) is 13.2 Å². The second kappa shape index (κ2) is 7.17. The molecule has 0 spiro atoms. The molecule has 2 aromatic carbocycles. The van der Waals surface area contributed by atoms with E-state index in [1.165, 1.54) is 11.3 Å². The van der Waals surface area contributed by atoms with Crippen LogP contribution in [-0.2, 0) is 11.3 Å².